The lowest BCUT2D eigenvalue weighted by Gasteiger charge is -2.18. The van der Waals surface area contributed by atoms with Crippen molar-refractivity contribution in [1.29, 1.82) is 0 Å². The van der Waals surface area contributed by atoms with Crippen LogP contribution in [0.5, 0.6) is 5.75 Å². The summed E-state index contributed by atoms with van der Waals surface area (Å²) in [6, 6.07) is 19.6. The van der Waals surface area contributed by atoms with Crippen molar-refractivity contribution < 1.29 is 23.5 Å². The number of esters is 1. The lowest BCUT2D eigenvalue weighted by atomic mass is 10.1. The first-order valence-corrected chi connectivity index (χ1v) is 11.1. The van der Waals surface area contributed by atoms with Crippen molar-refractivity contribution in [3.05, 3.63) is 89.1 Å². The van der Waals surface area contributed by atoms with Gasteiger partial charge in [-0.15, -0.1) is 11.3 Å². The number of thiophene rings is 1. The molecule has 0 saturated carbocycles. The van der Waals surface area contributed by atoms with E-state index in [1.807, 2.05) is 23.6 Å². The molecule has 2 aromatic carbocycles. The highest BCUT2D eigenvalue weighted by molar-refractivity contribution is 7.13. The van der Waals surface area contributed by atoms with Crippen LogP contribution in [-0.2, 0) is 20.7 Å². The van der Waals surface area contributed by atoms with E-state index in [2.05, 4.69) is 10.3 Å². The van der Waals surface area contributed by atoms with Crippen LogP contribution in [0, 0.1) is 6.92 Å². The van der Waals surface area contributed by atoms with Crippen LogP contribution in [0.25, 0.3) is 10.8 Å². The number of anilines is 1. The molecule has 0 saturated heterocycles. The van der Waals surface area contributed by atoms with Gasteiger partial charge < -0.3 is 19.2 Å². The van der Waals surface area contributed by atoms with Crippen LogP contribution in [-0.4, -0.2) is 24.0 Å². The highest BCUT2D eigenvalue weighted by atomic mass is 32.1. The van der Waals surface area contributed by atoms with Crippen LogP contribution >= 0.6 is 11.3 Å². The summed E-state index contributed by atoms with van der Waals surface area (Å²) in [5.74, 6) is 0.624. The van der Waals surface area contributed by atoms with Crippen molar-refractivity contribution in [2.24, 2.45) is 0 Å². The Bertz CT molecular complexity index is 1220. The number of aromatic nitrogens is 1. The van der Waals surface area contributed by atoms with Gasteiger partial charge >= 0.3 is 5.97 Å². The zero-order valence-electron chi connectivity index (χ0n) is 18.1. The Balaban J connectivity index is 1.49. The highest BCUT2D eigenvalue weighted by Gasteiger charge is 2.26. The first-order valence-electron chi connectivity index (χ1n) is 10.2. The molecular weight excluding hydrogens is 440 g/mol. The van der Waals surface area contributed by atoms with Crippen LogP contribution in [0.2, 0.25) is 0 Å². The first kappa shape index (κ1) is 22.3. The van der Waals surface area contributed by atoms with Crippen molar-refractivity contribution in [3.63, 3.8) is 0 Å². The van der Waals surface area contributed by atoms with Gasteiger partial charge in [0.15, 0.2) is 0 Å². The molecule has 0 radical (unpaired) electrons. The normalized spacial score (nSPS) is 11.6. The molecular formula is C25H22N2O5S. The number of methoxy groups -OCH3 is 1. The Morgan fingerprint density at radius 1 is 1.06 bits per heavy atom. The molecule has 2 aromatic heterocycles. The third kappa shape index (κ3) is 5.48. The summed E-state index contributed by atoms with van der Waals surface area (Å²) in [6.07, 6.45) is -1.23. The van der Waals surface area contributed by atoms with Crippen molar-refractivity contribution in [3.8, 4) is 16.5 Å². The topological polar surface area (TPSA) is 90.7 Å². The first-order chi connectivity index (χ1) is 16.0. The smallest absolute Gasteiger partial charge is 0.313 e. The lowest BCUT2D eigenvalue weighted by Crippen LogP contribution is -2.26. The molecule has 0 fully saturated rings. The number of aryl methyl sites for hydroxylation is 1. The van der Waals surface area contributed by atoms with Gasteiger partial charge in [-0.1, -0.05) is 36.4 Å². The SMILES string of the molecule is COc1ccc(NC(=O)C(OC(=O)Cc2nc(-c3cccs3)oc2C)c2ccccc2)cc1. The van der Waals surface area contributed by atoms with Crippen molar-refractivity contribution in [2.45, 2.75) is 19.4 Å². The summed E-state index contributed by atoms with van der Waals surface area (Å²) in [5.41, 5.74) is 1.60. The third-order valence-corrected chi connectivity index (χ3v) is 5.74. The summed E-state index contributed by atoms with van der Waals surface area (Å²) in [4.78, 5) is 31.1. The molecule has 0 bridgehead atoms. The van der Waals surface area contributed by atoms with Gasteiger partial charge in [0.25, 0.3) is 5.91 Å². The molecule has 1 amide bonds. The van der Waals surface area contributed by atoms with Gasteiger partial charge in [0, 0.05) is 11.3 Å². The summed E-state index contributed by atoms with van der Waals surface area (Å²) >= 11 is 1.50. The van der Waals surface area contributed by atoms with E-state index >= 15 is 0 Å². The Hall–Kier alpha value is -3.91. The molecule has 7 nitrogen and oxygen atoms in total. The number of amides is 1. The molecule has 4 rings (SSSR count). The summed E-state index contributed by atoms with van der Waals surface area (Å²) in [7, 11) is 1.57. The van der Waals surface area contributed by atoms with Crippen LogP contribution < -0.4 is 10.1 Å². The average Bonchev–Trinajstić information content (AvgIpc) is 3.49. The predicted octanol–water partition coefficient (Wildman–Crippen LogP) is 5.19. The number of nitrogens with zero attached hydrogens (tertiary/aromatic N) is 1. The van der Waals surface area contributed by atoms with Gasteiger partial charge in [-0.3, -0.25) is 9.59 Å². The number of oxazole rings is 1. The number of benzene rings is 2. The Kier molecular flexibility index (Phi) is 6.85. The minimum atomic E-state index is -1.12. The number of rotatable bonds is 8. The second-order valence-electron chi connectivity index (χ2n) is 7.17. The maximum absolute atomic E-state index is 13.0. The van der Waals surface area contributed by atoms with Gasteiger partial charge in [-0.25, -0.2) is 4.98 Å². The quantitative estimate of drug-likeness (QED) is 0.363. The van der Waals surface area contributed by atoms with E-state index in [-0.39, 0.29) is 6.42 Å². The number of carbonyl (C=O) groups is 2. The van der Waals surface area contributed by atoms with Gasteiger partial charge in [-0.2, -0.15) is 0 Å². The Labute approximate surface area is 195 Å². The maximum Gasteiger partial charge on any atom is 0.313 e. The number of hydrogen-bond acceptors (Lipinski definition) is 7. The van der Waals surface area contributed by atoms with Gasteiger partial charge in [0.2, 0.25) is 12.0 Å². The van der Waals surface area contributed by atoms with Gasteiger partial charge in [-0.05, 0) is 42.6 Å². The number of hydrogen-bond donors (Lipinski definition) is 1. The molecule has 0 aliphatic carbocycles. The second-order valence-corrected chi connectivity index (χ2v) is 8.12. The summed E-state index contributed by atoms with van der Waals surface area (Å²) < 4.78 is 16.5. The molecule has 33 heavy (non-hydrogen) atoms. The number of ether oxygens (including phenoxy) is 2. The zero-order valence-corrected chi connectivity index (χ0v) is 18.9. The van der Waals surface area contributed by atoms with Gasteiger partial charge in [0.1, 0.15) is 11.5 Å². The van der Waals surface area contributed by atoms with Crippen molar-refractivity contribution in [2.75, 3.05) is 12.4 Å². The van der Waals surface area contributed by atoms with E-state index in [4.69, 9.17) is 13.9 Å². The van der Waals surface area contributed by atoms with E-state index in [1.165, 1.54) is 11.3 Å². The fourth-order valence-corrected chi connectivity index (χ4v) is 3.84. The van der Waals surface area contributed by atoms with Crippen LogP contribution in [0.3, 0.4) is 0 Å². The zero-order chi connectivity index (χ0) is 23.2. The summed E-state index contributed by atoms with van der Waals surface area (Å²) in [5, 5.41) is 4.72. The van der Waals surface area contributed by atoms with Crippen LogP contribution in [0.15, 0.2) is 76.5 Å². The fourth-order valence-electron chi connectivity index (χ4n) is 3.19. The minimum Gasteiger partial charge on any atom is -0.497 e. The molecule has 1 unspecified atom stereocenters. The highest BCUT2D eigenvalue weighted by Crippen LogP contribution is 2.27. The molecule has 0 aliphatic rings. The Morgan fingerprint density at radius 2 is 1.82 bits per heavy atom. The maximum atomic E-state index is 13.0. The predicted molar refractivity (Wildman–Crippen MR) is 125 cm³/mol. The monoisotopic (exact) mass is 462 g/mol. The largest absolute Gasteiger partial charge is 0.497 e. The fraction of sp³-hybridized carbons (Fsp3) is 0.160. The number of nitrogens with one attached hydrogen (secondary N) is 1. The van der Waals surface area contributed by atoms with E-state index in [1.54, 1.807) is 62.6 Å². The molecule has 1 atom stereocenters. The van der Waals surface area contributed by atoms with Crippen molar-refractivity contribution in [1.82, 2.24) is 4.98 Å². The van der Waals surface area contributed by atoms with E-state index in [0.29, 0.717) is 34.3 Å². The molecule has 0 spiro atoms. The van der Waals surface area contributed by atoms with E-state index < -0.39 is 18.0 Å². The molecule has 2 heterocycles. The minimum absolute atomic E-state index is 0.111. The third-order valence-electron chi connectivity index (χ3n) is 4.88. The van der Waals surface area contributed by atoms with E-state index in [9.17, 15) is 9.59 Å². The van der Waals surface area contributed by atoms with Crippen LogP contribution in [0.4, 0.5) is 5.69 Å². The lowest BCUT2D eigenvalue weighted by molar-refractivity contribution is -0.154. The van der Waals surface area contributed by atoms with E-state index in [0.717, 1.165) is 4.88 Å². The van der Waals surface area contributed by atoms with Crippen molar-refractivity contribution >= 4 is 28.9 Å². The molecule has 0 aliphatic heterocycles. The van der Waals surface area contributed by atoms with Gasteiger partial charge in [0.05, 0.1) is 24.1 Å². The molecule has 8 heteroatoms. The number of carbonyl (C=O) groups excluding carboxylic acids is 2. The summed E-state index contributed by atoms with van der Waals surface area (Å²) in [6.45, 7) is 1.75. The Morgan fingerprint density at radius 3 is 2.48 bits per heavy atom. The second kappa shape index (κ2) is 10.1. The van der Waals surface area contributed by atoms with Crippen LogP contribution in [0.1, 0.15) is 23.1 Å². The molecule has 4 aromatic rings. The molecule has 168 valence electrons. The average molecular weight is 463 g/mol. The molecule has 1 N–H and O–H groups in total. The standard InChI is InChI=1S/C25H22N2O5S/c1-16-20(27-25(31-16)21-9-6-14-33-21)15-22(28)32-23(17-7-4-3-5-8-17)24(29)26-18-10-12-19(30-2)13-11-18/h3-14,23H,15H2,1-2H3,(H,26,29).